The van der Waals surface area contributed by atoms with Crippen LogP contribution in [-0.2, 0) is 14.3 Å². The fourth-order valence-electron chi connectivity index (χ4n) is 4.48. The first-order chi connectivity index (χ1) is 17.3. The molecule has 0 aliphatic carbocycles. The molecule has 0 saturated carbocycles. The minimum absolute atomic E-state index is 0.0378. The number of Topliss-reactive ketones (excluding diaryl/α,β-unsaturated/α-hetero) is 1. The maximum atomic E-state index is 13.4. The van der Waals surface area contributed by atoms with Crippen molar-refractivity contribution < 1.29 is 24.2 Å². The van der Waals surface area contributed by atoms with E-state index in [1.807, 2.05) is 26.0 Å². The zero-order valence-corrected chi connectivity index (χ0v) is 20.6. The van der Waals surface area contributed by atoms with Gasteiger partial charge in [-0.2, -0.15) is 0 Å². The first-order valence-corrected chi connectivity index (χ1v) is 12.0. The Labute approximate surface area is 211 Å². The lowest BCUT2D eigenvalue weighted by atomic mass is 9.95. The van der Waals surface area contributed by atoms with Gasteiger partial charge in [0.2, 0.25) is 0 Å². The van der Waals surface area contributed by atoms with Crippen molar-refractivity contribution >= 4 is 50.1 Å². The quantitative estimate of drug-likeness (QED) is 0.177. The van der Waals surface area contributed by atoms with Crippen molar-refractivity contribution in [2.75, 3.05) is 12.0 Å². The molecule has 0 spiro atoms. The number of anilines is 1. The summed E-state index contributed by atoms with van der Waals surface area (Å²) in [5.41, 5.74) is 4.04. The molecule has 8 heteroatoms. The van der Waals surface area contributed by atoms with E-state index in [0.29, 0.717) is 21.8 Å². The van der Waals surface area contributed by atoms with Crippen molar-refractivity contribution in [2.24, 2.45) is 0 Å². The summed E-state index contributed by atoms with van der Waals surface area (Å²) in [6, 6.07) is 18.1. The highest BCUT2D eigenvalue weighted by Crippen LogP contribution is 2.44. The number of rotatable bonds is 4. The number of fused-ring (bicyclic) bond motifs is 1. The number of aliphatic hydroxyl groups is 1. The molecule has 0 unspecified atom stereocenters. The first kappa shape index (κ1) is 23.4. The van der Waals surface area contributed by atoms with Crippen LogP contribution in [0.2, 0.25) is 0 Å². The lowest BCUT2D eigenvalue weighted by Crippen LogP contribution is -2.29. The number of esters is 1. The smallest absolute Gasteiger partial charge is 0.337 e. The van der Waals surface area contributed by atoms with Crippen LogP contribution in [0.5, 0.6) is 0 Å². The number of carbonyl (C=O) groups excluding carboxylic acids is 3. The van der Waals surface area contributed by atoms with Crippen molar-refractivity contribution in [3.8, 4) is 0 Å². The summed E-state index contributed by atoms with van der Waals surface area (Å²) >= 11 is 1.31. The van der Waals surface area contributed by atoms with Gasteiger partial charge in [0.15, 0.2) is 5.13 Å². The number of aryl methyl sites for hydroxylation is 2. The molecule has 1 N–H and O–H groups in total. The molecule has 1 fully saturated rings. The van der Waals surface area contributed by atoms with Crippen molar-refractivity contribution in [3.05, 3.63) is 100 Å². The summed E-state index contributed by atoms with van der Waals surface area (Å²) < 4.78 is 5.68. The molecule has 1 aromatic heterocycles. The van der Waals surface area contributed by atoms with Gasteiger partial charge >= 0.3 is 11.9 Å². The van der Waals surface area contributed by atoms with E-state index in [2.05, 4.69) is 0 Å². The van der Waals surface area contributed by atoms with Crippen LogP contribution in [0.4, 0.5) is 5.13 Å². The van der Waals surface area contributed by atoms with E-state index in [1.165, 1.54) is 23.3 Å². The summed E-state index contributed by atoms with van der Waals surface area (Å²) in [6.07, 6.45) is 0. The Kier molecular flexibility index (Phi) is 5.89. The fraction of sp³-hybridized carbons (Fsp3) is 0.143. The molecule has 4 aromatic rings. The molecule has 0 radical (unpaired) electrons. The van der Waals surface area contributed by atoms with Gasteiger partial charge in [0.05, 0.1) is 34.5 Å². The van der Waals surface area contributed by atoms with Crippen LogP contribution in [0.15, 0.2) is 72.3 Å². The second-order valence-corrected chi connectivity index (χ2v) is 9.58. The molecule has 7 nitrogen and oxygen atoms in total. The van der Waals surface area contributed by atoms with Gasteiger partial charge < -0.3 is 9.84 Å². The molecule has 1 amide bonds. The Bertz CT molecular complexity index is 1550. The topological polar surface area (TPSA) is 96.8 Å². The molecule has 5 rings (SSSR count). The third kappa shape index (κ3) is 3.85. The maximum absolute atomic E-state index is 13.4. The van der Waals surface area contributed by atoms with Crippen LogP contribution in [-0.4, -0.2) is 34.9 Å². The number of amides is 1. The zero-order chi connectivity index (χ0) is 25.6. The summed E-state index contributed by atoms with van der Waals surface area (Å²) in [7, 11) is 1.29. The lowest BCUT2D eigenvalue weighted by molar-refractivity contribution is -0.132. The number of aliphatic hydroxyl groups excluding tert-OH is 1. The van der Waals surface area contributed by atoms with E-state index >= 15 is 0 Å². The Hall–Kier alpha value is -4.30. The number of hydrogen-bond donors (Lipinski definition) is 1. The zero-order valence-electron chi connectivity index (χ0n) is 19.8. The second-order valence-electron chi connectivity index (χ2n) is 8.57. The summed E-state index contributed by atoms with van der Waals surface area (Å²) in [6.45, 7) is 3.94. The summed E-state index contributed by atoms with van der Waals surface area (Å²) in [5.74, 6) is -2.35. The predicted molar refractivity (Wildman–Crippen MR) is 138 cm³/mol. The third-order valence-corrected chi connectivity index (χ3v) is 7.17. The molecule has 180 valence electrons. The fourth-order valence-corrected chi connectivity index (χ4v) is 5.65. The van der Waals surface area contributed by atoms with Crippen LogP contribution in [0.3, 0.4) is 0 Å². The normalized spacial score (nSPS) is 17.1. The minimum Gasteiger partial charge on any atom is -0.507 e. The molecule has 0 bridgehead atoms. The lowest BCUT2D eigenvalue weighted by Gasteiger charge is -2.23. The van der Waals surface area contributed by atoms with Gasteiger partial charge in [-0.25, -0.2) is 9.78 Å². The molecule has 36 heavy (non-hydrogen) atoms. The van der Waals surface area contributed by atoms with Crippen molar-refractivity contribution in [3.63, 3.8) is 0 Å². The van der Waals surface area contributed by atoms with Crippen molar-refractivity contribution in [2.45, 2.75) is 19.9 Å². The highest BCUT2D eigenvalue weighted by atomic mass is 32.1. The predicted octanol–water partition coefficient (Wildman–Crippen LogP) is 5.33. The molecular weight excluding hydrogens is 476 g/mol. The molecule has 1 atom stereocenters. The standard InChI is InChI=1S/C28H22N2O5S/c1-15-13-16(2)22-20(14-15)36-28(29-22)30-23(17-9-11-19(12-10-17)27(34)35-3)21(25(32)26(30)33)24(31)18-7-5-4-6-8-18/h4-14,23,31H,1-3H3/t23-/m0/s1. The van der Waals surface area contributed by atoms with Gasteiger partial charge in [0, 0.05) is 5.56 Å². The van der Waals surface area contributed by atoms with Gasteiger partial charge in [0.1, 0.15) is 5.76 Å². The first-order valence-electron chi connectivity index (χ1n) is 11.2. The highest BCUT2D eigenvalue weighted by molar-refractivity contribution is 7.22. The largest absolute Gasteiger partial charge is 0.507 e. The van der Waals surface area contributed by atoms with Crippen LogP contribution in [0, 0.1) is 13.8 Å². The van der Waals surface area contributed by atoms with E-state index in [0.717, 1.165) is 21.3 Å². The summed E-state index contributed by atoms with van der Waals surface area (Å²) in [4.78, 5) is 44.8. The van der Waals surface area contributed by atoms with E-state index in [4.69, 9.17) is 9.72 Å². The monoisotopic (exact) mass is 498 g/mol. The number of nitrogens with zero attached hydrogens (tertiary/aromatic N) is 2. The number of thiazole rings is 1. The van der Waals surface area contributed by atoms with Gasteiger partial charge in [0.25, 0.3) is 5.78 Å². The van der Waals surface area contributed by atoms with Crippen LogP contribution in [0.1, 0.15) is 38.7 Å². The Morgan fingerprint density at radius 3 is 2.36 bits per heavy atom. The van der Waals surface area contributed by atoms with Gasteiger partial charge in [-0.3, -0.25) is 14.5 Å². The Morgan fingerprint density at radius 2 is 1.69 bits per heavy atom. The average molecular weight is 499 g/mol. The van der Waals surface area contributed by atoms with Crippen LogP contribution >= 0.6 is 11.3 Å². The summed E-state index contributed by atoms with van der Waals surface area (Å²) in [5, 5.41) is 11.6. The molecule has 1 saturated heterocycles. The molecular formula is C28H22N2O5S. The molecule has 1 aliphatic rings. The average Bonchev–Trinajstić information content (AvgIpc) is 3.42. The molecule has 3 aromatic carbocycles. The number of carbonyl (C=O) groups is 3. The number of methoxy groups -OCH3 is 1. The van der Waals surface area contributed by atoms with Gasteiger partial charge in [-0.1, -0.05) is 59.9 Å². The van der Waals surface area contributed by atoms with Crippen LogP contribution < -0.4 is 4.90 Å². The number of aromatic nitrogens is 1. The minimum atomic E-state index is -0.932. The number of ketones is 1. The van der Waals surface area contributed by atoms with E-state index in [1.54, 1.807) is 54.6 Å². The number of benzene rings is 3. The highest BCUT2D eigenvalue weighted by Gasteiger charge is 2.48. The van der Waals surface area contributed by atoms with Crippen molar-refractivity contribution in [1.82, 2.24) is 4.98 Å². The molecule has 2 heterocycles. The SMILES string of the molecule is COC(=O)c1ccc([C@H]2C(=C(O)c3ccccc3)C(=O)C(=O)N2c2nc3c(C)cc(C)cc3s2)cc1. The maximum Gasteiger partial charge on any atom is 0.337 e. The van der Waals surface area contributed by atoms with Crippen molar-refractivity contribution in [1.29, 1.82) is 0 Å². The van der Waals surface area contributed by atoms with E-state index in [-0.39, 0.29) is 11.3 Å². The number of hydrogen-bond acceptors (Lipinski definition) is 7. The Morgan fingerprint density at radius 1 is 1.00 bits per heavy atom. The van der Waals surface area contributed by atoms with Gasteiger partial charge in [-0.15, -0.1) is 0 Å². The van der Waals surface area contributed by atoms with E-state index < -0.39 is 23.7 Å². The molecule has 1 aliphatic heterocycles. The number of ether oxygens (including phenoxy) is 1. The third-order valence-electron chi connectivity index (χ3n) is 6.16. The Balaban J connectivity index is 1.72. The van der Waals surface area contributed by atoms with Gasteiger partial charge in [-0.05, 0) is 48.7 Å². The second kappa shape index (κ2) is 9.05. The van der Waals surface area contributed by atoms with Crippen LogP contribution in [0.25, 0.3) is 16.0 Å². The van der Waals surface area contributed by atoms with E-state index in [9.17, 15) is 19.5 Å².